The van der Waals surface area contributed by atoms with Gasteiger partial charge in [0.15, 0.2) is 0 Å². The maximum atomic E-state index is 13.3. The van der Waals surface area contributed by atoms with Gasteiger partial charge in [-0.05, 0) is 42.7 Å². The molecular weight excluding hydrogens is 461 g/mol. The van der Waals surface area contributed by atoms with Gasteiger partial charge < -0.3 is 10.2 Å². The molecular formula is C21H21Cl2N3O4S. The molecule has 2 aliphatic heterocycles. The predicted molar refractivity (Wildman–Crippen MR) is 121 cm³/mol. The lowest BCUT2D eigenvalue weighted by Crippen LogP contribution is -2.50. The number of carbonyl (C=O) groups is 2. The Hall–Kier alpha value is -2.13. The average molecular weight is 482 g/mol. The van der Waals surface area contributed by atoms with E-state index in [1.807, 2.05) is 0 Å². The van der Waals surface area contributed by atoms with E-state index in [0.717, 1.165) is 0 Å². The second-order valence-electron chi connectivity index (χ2n) is 7.69. The Balaban J connectivity index is 1.51. The van der Waals surface area contributed by atoms with E-state index in [1.165, 1.54) is 15.3 Å². The van der Waals surface area contributed by atoms with E-state index in [9.17, 15) is 18.0 Å². The lowest BCUT2D eigenvalue weighted by Gasteiger charge is -2.36. The van der Waals surface area contributed by atoms with Crippen molar-refractivity contribution in [3.63, 3.8) is 0 Å². The van der Waals surface area contributed by atoms with E-state index >= 15 is 0 Å². The molecule has 0 saturated carbocycles. The van der Waals surface area contributed by atoms with Crippen LogP contribution in [0.2, 0.25) is 10.0 Å². The Morgan fingerprint density at radius 1 is 1.13 bits per heavy atom. The standard InChI is InChI=1S/C21H21Cl2N3O4S/c22-16-8-7-14(10-17(16)23)13-31(29,30)25-9-3-4-15(11-25)21(28)26-12-20(27)24-18-5-1-2-6-19(18)26/h1-2,5-8,10,15H,3-4,9,11-13H2,(H,24,27)/t15-/m1/s1. The molecule has 2 aromatic rings. The number of fused-ring (bicyclic) bond motifs is 1. The molecule has 0 spiro atoms. The van der Waals surface area contributed by atoms with Gasteiger partial charge in [-0.2, -0.15) is 0 Å². The summed E-state index contributed by atoms with van der Waals surface area (Å²) >= 11 is 11.9. The van der Waals surface area contributed by atoms with Crippen LogP contribution in [-0.4, -0.2) is 44.2 Å². The number of halogens is 2. The minimum Gasteiger partial charge on any atom is -0.323 e. The van der Waals surface area contributed by atoms with E-state index in [-0.39, 0.29) is 30.7 Å². The van der Waals surface area contributed by atoms with E-state index in [0.29, 0.717) is 46.4 Å². The van der Waals surface area contributed by atoms with Crippen LogP contribution >= 0.6 is 23.2 Å². The van der Waals surface area contributed by atoms with Gasteiger partial charge in [-0.15, -0.1) is 0 Å². The van der Waals surface area contributed by atoms with Gasteiger partial charge in [0.05, 0.1) is 33.1 Å². The van der Waals surface area contributed by atoms with Crippen molar-refractivity contribution in [1.82, 2.24) is 4.31 Å². The van der Waals surface area contributed by atoms with Crippen molar-refractivity contribution in [2.24, 2.45) is 5.92 Å². The molecule has 0 unspecified atom stereocenters. The van der Waals surface area contributed by atoms with Crippen molar-refractivity contribution in [2.45, 2.75) is 18.6 Å². The highest BCUT2D eigenvalue weighted by molar-refractivity contribution is 7.88. The molecule has 4 rings (SSSR count). The maximum absolute atomic E-state index is 13.3. The molecule has 1 atom stereocenters. The minimum atomic E-state index is -3.65. The maximum Gasteiger partial charge on any atom is 0.244 e. The summed E-state index contributed by atoms with van der Waals surface area (Å²) < 4.78 is 27.4. The van der Waals surface area contributed by atoms with Gasteiger partial charge >= 0.3 is 0 Å². The fourth-order valence-electron chi connectivity index (χ4n) is 3.98. The SMILES string of the molecule is O=C1CN(C(=O)[C@@H]2CCCN(S(=O)(=O)Cc3ccc(Cl)c(Cl)c3)C2)c2ccccc2N1. The second kappa shape index (κ2) is 8.78. The van der Waals surface area contributed by atoms with E-state index < -0.39 is 15.9 Å². The number of nitrogens with one attached hydrogen (secondary N) is 1. The van der Waals surface area contributed by atoms with Gasteiger partial charge in [0, 0.05) is 13.1 Å². The summed E-state index contributed by atoms with van der Waals surface area (Å²) in [6, 6.07) is 11.8. The molecule has 2 heterocycles. The Bertz CT molecular complexity index is 1140. The molecule has 2 amide bonds. The Morgan fingerprint density at radius 2 is 1.90 bits per heavy atom. The highest BCUT2D eigenvalue weighted by Crippen LogP contribution is 2.32. The highest BCUT2D eigenvalue weighted by atomic mass is 35.5. The largest absolute Gasteiger partial charge is 0.323 e. The van der Waals surface area contributed by atoms with Gasteiger partial charge in [0.25, 0.3) is 0 Å². The van der Waals surface area contributed by atoms with Crippen molar-refractivity contribution in [3.05, 3.63) is 58.1 Å². The van der Waals surface area contributed by atoms with Crippen molar-refractivity contribution >= 4 is 56.4 Å². The van der Waals surface area contributed by atoms with Crippen LogP contribution in [-0.2, 0) is 25.4 Å². The number of para-hydroxylation sites is 2. The molecule has 0 radical (unpaired) electrons. The zero-order chi connectivity index (χ0) is 22.2. The van der Waals surface area contributed by atoms with E-state index in [4.69, 9.17) is 23.2 Å². The van der Waals surface area contributed by atoms with Crippen LogP contribution in [0.4, 0.5) is 11.4 Å². The topological polar surface area (TPSA) is 86.8 Å². The van der Waals surface area contributed by atoms with E-state index in [1.54, 1.807) is 36.4 Å². The molecule has 0 bridgehead atoms. The number of benzene rings is 2. The van der Waals surface area contributed by atoms with Crippen LogP contribution in [0.1, 0.15) is 18.4 Å². The van der Waals surface area contributed by atoms with Crippen LogP contribution in [0.15, 0.2) is 42.5 Å². The van der Waals surface area contributed by atoms with Gasteiger partial charge in [-0.1, -0.05) is 41.4 Å². The number of anilines is 2. The van der Waals surface area contributed by atoms with Crippen LogP contribution in [0, 0.1) is 5.92 Å². The van der Waals surface area contributed by atoms with Crippen LogP contribution < -0.4 is 10.2 Å². The summed E-state index contributed by atoms with van der Waals surface area (Å²) in [4.78, 5) is 26.8. The molecule has 0 aliphatic carbocycles. The molecule has 2 aliphatic rings. The Labute approximate surface area is 191 Å². The van der Waals surface area contributed by atoms with Crippen molar-refractivity contribution in [1.29, 1.82) is 0 Å². The third-order valence-corrected chi connectivity index (χ3v) is 8.05. The van der Waals surface area contributed by atoms with Crippen molar-refractivity contribution < 1.29 is 18.0 Å². The molecule has 10 heteroatoms. The highest BCUT2D eigenvalue weighted by Gasteiger charge is 2.37. The summed E-state index contributed by atoms with van der Waals surface area (Å²) in [7, 11) is -3.65. The van der Waals surface area contributed by atoms with Crippen molar-refractivity contribution in [2.75, 3.05) is 29.9 Å². The van der Waals surface area contributed by atoms with Gasteiger partial charge in [0.2, 0.25) is 21.8 Å². The summed E-state index contributed by atoms with van der Waals surface area (Å²) in [6.07, 6.45) is 1.14. The first-order valence-electron chi connectivity index (χ1n) is 9.86. The van der Waals surface area contributed by atoms with Crippen molar-refractivity contribution in [3.8, 4) is 0 Å². The third-order valence-electron chi connectivity index (χ3n) is 5.50. The number of sulfonamides is 1. The van der Waals surface area contributed by atoms with E-state index in [2.05, 4.69) is 5.32 Å². The first-order valence-corrected chi connectivity index (χ1v) is 12.2. The predicted octanol–water partition coefficient (Wildman–Crippen LogP) is 3.52. The van der Waals surface area contributed by atoms with Crippen LogP contribution in [0.5, 0.6) is 0 Å². The van der Waals surface area contributed by atoms with Crippen LogP contribution in [0.25, 0.3) is 0 Å². The molecule has 164 valence electrons. The first kappa shape index (κ1) is 22.1. The summed E-state index contributed by atoms with van der Waals surface area (Å²) in [5.74, 6) is -1.25. The zero-order valence-corrected chi connectivity index (χ0v) is 18.9. The fourth-order valence-corrected chi connectivity index (χ4v) is 5.90. The Kier molecular flexibility index (Phi) is 6.25. The molecule has 2 aromatic carbocycles. The number of hydrogen-bond acceptors (Lipinski definition) is 4. The summed E-state index contributed by atoms with van der Waals surface area (Å²) in [5.41, 5.74) is 1.74. The molecule has 7 nitrogen and oxygen atoms in total. The molecule has 0 aromatic heterocycles. The molecule has 31 heavy (non-hydrogen) atoms. The lowest BCUT2D eigenvalue weighted by atomic mass is 9.97. The molecule has 1 saturated heterocycles. The first-order chi connectivity index (χ1) is 14.7. The molecule has 1 fully saturated rings. The summed E-state index contributed by atoms with van der Waals surface area (Å²) in [6.45, 7) is 0.357. The number of hydrogen-bond donors (Lipinski definition) is 1. The quantitative estimate of drug-likeness (QED) is 0.723. The number of carbonyl (C=O) groups excluding carboxylic acids is 2. The minimum absolute atomic E-state index is 0.0810. The third kappa shape index (κ3) is 4.72. The zero-order valence-electron chi connectivity index (χ0n) is 16.6. The number of rotatable bonds is 4. The monoisotopic (exact) mass is 481 g/mol. The second-order valence-corrected chi connectivity index (χ2v) is 10.5. The Morgan fingerprint density at radius 3 is 2.68 bits per heavy atom. The lowest BCUT2D eigenvalue weighted by molar-refractivity contribution is -0.125. The summed E-state index contributed by atoms with van der Waals surface area (Å²) in [5, 5.41) is 3.41. The number of piperidine rings is 1. The normalized spacial score (nSPS) is 19.6. The van der Waals surface area contributed by atoms with Gasteiger partial charge in [0.1, 0.15) is 6.54 Å². The average Bonchev–Trinajstić information content (AvgIpc) is 2.75. The smallest absolute Gasteiger partial charge is 0.244 e. The fraction of sp³-hybridized carbons (Fsp3) is 0.333. The number of amides is 2. The van der Waals surface area contributed by atoms with Gasteiger partial charge in [-0.25, -0.2) is 12.7 Å². The van der Waals surface area contributed by atoms with Gasteiger partial charge in [-0.3, -0.25) is 9.59 Å². The number of nitrogens with zero attached hydrogens (tertiary/aromatic N) is 2. The molecule has 1 N–H and O–H groups in total. The van der Waals surface area contributed by atoms with Crippen LogP contribution in [0.3, 0.4) is 0 Å².